The van der Waals surface area contributed by atoms with Crippen LogP contribution in [0.15, 0.2) is 6.20 Å². The van der Waals surface area contributed by atoms with Crippen molar-refractivity contribution in [2.24, 2.45) is 0 Å². The molecule has 4 heteroatoms. The van der Waals surface area contributed by atoms with Crippen LogP contribution in [-0.4, -0.2) is 29.6 Å². The lowest BCUT2D eigenvalue weighted by Gasteiger charge is -2.30. The fourth-order valence-electron chi connectivity index (χ4n) is 2.41. The molecule has 1 rings (SSSR count). The third-order valence-electron chi connectivity index (χ3n) is 3.79. The predicted molar refractivity (Wildman–Crippen MR) is 86.3 cm³/mol. The Hall–Kier alpha value is -1.16. The molecule has 0 aromatic carbocycles. The van der Waals surface area contributed by atoms with Gasteiger partial charge in [-0.3, -0.25) is 0 Å². The van der Waals surface area contributed by atoms with E-state index in [1.807, 2.05) is 6.20 Å². The molecule has 0 spiro atoms. The highest BCUT2D eigenvalue weighted by atomic mass is 15.2. The molecular formula is C16H30N4. The maximum absolute atomic E-state index is 4.77. The van der Waals surface area contributed by atoms with E-state index >= 15 is 0 Å². The van der Waals surface area contributed by atoms with E-state index in [1.54, 1.807) is 0 Å². The average molecular weight is 278 g/mol. The number of aromatic nitrogens is 2. The summed E-state index contributed by atoms with van der Waals surface area (Å²) in [5.41, 5.74) is 2.27. The topological polar surface area (TPSA) is 41.1 Å². The summed E-state index contributed by atoms with van der Waals surface area (Å²) in [5.74, 6) is 1.29. The summed E-state index contributed by atoms with van der Waals surface area (Å²) in [6, 6.07) is 0.545. The molecular weight excluding hydrogens is 248 g/mol. The first-order valence-electron chi connectivity index (χ1n) is 7.84. The lowest BCUT2D eigenvalue weighted by molar-refractivity contribution is 0.583. The van der Waals surface area contributed by atoms with Gasteiger partial charge in [0.05, 0.1) is 17.6 Å². The van der Waals surface area contributed by atoms with Gasteiger partial charge in [-0.15, -0.1) is 0 Å². The van der Waals surface area contributed by atoms with Crippen LogP contribution >= 0.6 is 0 Å². The van der Waals surface area contributed by atoms with E-state index in [2.05, 4.69) is 56.9 Å². The van der Waals surface area contributed by atoms with E-state index in [0.29, 0.717) is 12.0 Å². The summed E-state index contributed by atoms with van der Waals surface area (Å²) in [4.78, 5) is 11.6. The fourth-order valence-corrected chi connectivity index (χ4v) is 2.41. The van der Waals surface area contributed by atoms with Crippen LogP contribution in [0.25, 0.3) is 0 Å². The summed E-state index contributed by atoms with van der Waals surface area (Å²) in [6.45, 7) is 12.6. The van der Waals surface area contributed by atoms with Gasteiger partial charge >= 0.3 is 0 Å². The van der Waals surface area contributed by atoms with Gasteiger partial charge in [-0.25, -0.2) is 9.97 Å². The molecule has 1 aromatic rings. The second-order valence-electron chi connectivity index (χ2n) is 5.58. The minimum absolute atomic E-state index is 0.364. The van der Waals surface area contributed by atoms with E-state index in [0.717, 1.165) is 43.1 Å². The second kappa shape index (κ2) is 8.20. The highest BCUT2D eigenvalue weighted by Crippen LogP contribution is 2.23. The monoisotopic (exact) mass is 278 g/mol. The molecule has 0 atom stereocenters. The van der Waals surface area contributed by atoms with Crippen LogP contribution in [0.1, 0.15) is 64.9 Å². The Kier molecular flexibility index (Phi) is 6.93. The molecule has 114 valence electrons. The summed E-state index contributed by atoms with van der Waals surface area (Å²) in [5, 5.41) is 3.38. The molecule has 0 aliphatic carbocycles. The molecule has 0 radical (unpaired) electrons. The maximum atomic E-state index is 4.77. The van der Waals surface area contributed by atoms with Crippen molar-refractivity contribution < 1.29 is 0 Å². The zero-order valence-electron chi connectivity index (χ0n) is 13.9. The summed E-state index contributed by atoms with van der Waals surface area (Å²) < 4.78 is 0. The second-order valence-corrected chi connectivity index (χ2v) is 5.58. The van der Waals surface area contributed by atoms with Gasteiger partial charge in [0, 0.05) is 25.6 Å². The summed E-state index contributed by atoms with van der Waals surface area (Å²) in [7, 11) is 2.15. The summed E-state index contributed by atoms with van der Waals surface area (Å²) >= 11 is 0. The molecule has 1 heterocycles. The number of rotatable bonds is 8. The van der Waals surface area contributed by atoms with Gasteiger partial charge in [0.25, 0.3) is 0 Å². The van der Waals surface area contributed by atoms with Crippen LogP contribution in [0.3, 0.4) is 0 Å². The lowest BCUT2D eigenvalue weighted by Crippen LogP contribution is -2.32. The number of anilines is 1. The van der Waals surface area contributed by atoms with Gasteiger partial charge in [-0.2, -0.15) is 0 Å². The normalized spacial score (nSPS) is 11.4. The van der Waals surface area contributed by atoms with Crippen molar-refractivity contribution in [1.29, 1.82) is 0 Å². The first kappa shape index (κ1) is 16.9. The Morgan fingerprint density at radius 1 is 1.20 bits per heavy atom. The molecule has 0 saturated heterocycles. The van der Waals surface area contributed by atoms with Crippen LogP contribution < -0.4 is 10.2 Å². The summed E-state index contributed by atoms with van der Waals surface area (Å²) in [6.07, 6.45) is 4.27. The van der Waals surface area contributed by atoms with Crippen molar-refractivity contribution in [3.63, 3.8) is 0 Å². The SMILES string of the molecule is CCNCc1nc(C(C)C)ncc1N(C)C(CC)CC. The minimum Gasteiger partial charge on any atom is -0.369 e. The molecule has 0 fully saturated rings. The van der Waals surface area contributed by atoms with Gasteiger partial charge in [-0.1, -0.05) is 34.6 Å². The van der Waals surface area contributed by atoms with Gasteiger partial charge in [0.15, 0.2) is 0 Å². The van der Waals surface area contributed by atoms with Crippen LogP contribution in [-0.2, 0) is 6.54 Å². The third kappa shape index (κ3) is 4.17. The lowest BCUT2D eigenvalue weighted by atomic mass is 10.1. The predicted octanol–water partition coefficient (Wildman–Crippen LogP) is 3.33. The molecule has 0 saturated carbocycles. The van der Waals surface area contributed by atoms with Crippen molar-refractivity contribution in [2.75, 3.05) is 18.5 Å². The average Bonchev–Trinajstić information content (AvgIpc) is 2.45. The Morgan fingerprint density at radius 3 is 2.35 bits per heavy atom. The Morgan fingerprint density at radius 2 is 1.85 bits per heavy atom. The third-order valence-corrected chi connectivity index (χ3v) is 3.79. The van der Waals surface area contributed by atoms with Gasteiger partial charge < -0.3 is 10.2 Å². The smallest absolute Gasteiger partial charge is 0.131 e. The van der Waals surface area contributed by atoms with Crippen LogP contribution in [0.4, 0.5) is 5.69 Å². The van der Waals surface area contributed by atoms with Crippen LogP contribution in [0.5, 0.6) is 0 Å². The zero-order valence-corrected chi connectivity index (χ0v) is 13.9. The maximum Gasteiger partial charge on any atom is 0.131 e. The first-order chi connectivity index (χ1) is 9.54. The van der Waals surface area contributed by atoms with Gasteiger partial charge in [0.1, 0.15) is 5.82 Å². The van der Waals surface area contributed by atoms with E-state index < -0.39 is 0 Å². The van der Waals surface area contributed by atoms with E-state index in [-0.39, 0.29) is 0 Å². The Bertz CT molecular complexity index is 399. The quantitative estimate of drug-likeness (QED) is 0.792. The molecule has 0 bridgehead atoms. The standard InChI is InChI=1S/C16H30N4/c1-7-13(8-2)20(6)15-11-18-16(12(4)5)19-14(15)10-17-9-3/h11-13,17H,7-10H2,1-6H3. The number of nitrogens with one attached hydrogen (secondary N) is 1. The largest absolute Gasteiger partial charge is 0.369 e. The molecule has 0 amide bonds. The van der Waals surface area contributed by atoms with Crippen molar-refractivity contribution in [2.45, 2.75) is 66.0 Å². The van der Waals surface area contributed by atoms with E-state index in [1.165, 1.54) is 0 Å². The van der Waals surface area contributed by atoms with Crippen LogP contribution in [0, 0.1) is 0 Å². The molecule has 20 heavy (non-hydrogen) atoms. The molecule has 1 aromatic heterocycles. The Labute approximate surface area is 124 Å². The molecule has 0 unspecified atom stereocenters. The molecule has 0 aliphatic rings. The zero-order chi connectivity index (χ0) is 15.1. The minimum atomic E-state index is 0.364. The fraction of sp³-hybridized carbons (Fsp3) is 0.750. The van der Waals surface area contributed by atoms with Crippen LogP contribution in [0.2, 0.25) is 0 Å². The number of hydrogen-bond donors (Lipinski definition) is 1. The van der Waals surface area contributed by atoms with Gasteiger partial charge in [0.2, 0.25) is 0 Å². The number of nitrogens with zero attached hydrogens (tertiary/aromatic N) is 3. The van der Waals surface area contributed by atoms with Crippen molar-refractivity contribution in [3.05, 3.63) is 17.7 Å². The highest BCUT2D eigenvalue weighted by molar-refractivity contribution is 5.49. The first-order valence-corrected chi connectivity index (χ1v) is 7.84. The van der Waals surface area contributed by atoms with Crippen molar-refractivity contribution in [3.8, 4) is 0 Å². The Balaban J connectivity index is 3.09. The molecule has 4 nitrogen and oxygen atoms in total. The molecule has 0 aliphatic heterocycles. The van der Waals surface area contributed by atoms with Crippen molar-refractivity contribution >= 4 is 5.69 Å². The molecule has 1 N–H and O–H groups in total. The van der Waals surface area contributed by atoms with Gasteiger partial charge in [-0.05, 0) is 19.4 Å². The number of hydrogen-bond acceptors (Lipinski definition) is 4. The van der Waals surface area contributed by atoms with Crippen molar-refractivity contribution in [1.82, 2.24) is 15.3 Å². The highest BCUT2D eigenvalue weighted by Gasteiger charge is 2.17. The van der Waals surface area contributed by atoms with E-state index in [9.17, 15) is 0 Å². The van der Waals surface area contributed by atoms with E-state index in [4.69, 9.17) is 4.98 Å².